The molecule has 4 rings (SSSR count). The van der Waals surface area contributed by atoms with E-state index in [1.807, 2.05) is 12.1 Å². The van der Waals surface area contributed by atoms with Gasteiger partial charge < -0.3 is 10.3 Å². The lowest BCUT2D eigenvalue weighted by Gasteiger charge is -2.09. The predicted octanol–water partition coefficient (Wildman–Crippen LogP) is 3.54. The molecular formula is C17H17N3. The van der Waals surface area contributed by atoms with Gasteiger partial charge in [-0.05, 0) is 36.6 Å². The van der Waals surface area contributed by atoms with E-state index in [2.05, 4.69) is 41.0 Å². The molecule has 1 saturated carbocycles. The van der Waals surface area contributed by atoms with Gasteiger partial charge in [0.1, 0.15) is 5.82 Å². The van der Waals surface area contributed by atoms with Gasteiger partial charge in [-0.2, -0.15) is 0 Å². The third-order valence-electron chi connectivity index (χ3n) is 3.93. The van der Waals surface area contributed by atoms with Crippen molar-refractivity contribution in [3.8, 4) is 0 Å². The van der Waals surface area contributed by atoms with Crippen molar-refractivity contribution in [2.75, 3.05) is 5.73 Å². The zero-order chi connectivity index (χ0) is 13.5. The summed E-state index contributed by atoms with van der Waals surface area (Å²) in [5.74, 6) is 1.85. The van der Waals surface area contributed by atoms with Crippen LogP contribution in [-0.2, 0) is 6.54 Å². The molecule has 3 heteroatoms. The van der Waals surface area contributed by atoms with E-state index in [4.69, 9.17) is 10.7 Å². The highest BCUT2D eigenvalue weighted by molar-refractivity contribution is 5.80. The van der Waals surface area contributed by atoms with Crippen LogP contribution in [0.5, 0.6) is 0 Å². The Morgan fingerprint density at radius 2 is 1.90 bits per heavy atom. The molecule has 0 aliphatic heterocycles. The first kappa shape index (κ1) is 11.5. The monoisotopic (exact) mass is 263 g/mol. The third kappa shape index (κ3) is 1.95. The molecule has 0 radical (unpaired) electrons. The Morgan fingerprint density at radius 1 is 1.10 bits per heavy atom. The van der Waals surface area contributed by atoms with Gasteiger partial charge in [0, 0.05) is 18.2 Å². The van der Waals surface area contributed by atoms with Gasteiger partial charge in [-0.15, -0.1) is 0 Å². The summed E-state index contributed by atoms with van der Waals surface area (Å²) < 4.78 is 2.35. The Labute approximate surface area is 118 Å². The van der Waals surface area contributed by atoms with Crippen molar-refractivity contribution < 1.29 is 0 Å². The van der Waals surface area contributed by atoms with Gasteiger partial charge in [-0.25, -0.2) is 4.98 Å². The van der Waals surface area contributed by atoms with E-state index < -0.39 is 0 Å². The minimum atomic E-state index is 0.632. The van der Waals surface area contributed by atoms with Crippen LogP contribution < -0.4 is 5.73 Å². The SMILES string of the molecule is Nc1ccc2c(c1)nc(C1CC1)n2Cc1ccccc1. The zero-order valence-electron chi connectivity index (χ0n) is 11.3. The van der Waals surface area contributed by atoms with Gasteiger partial charge >= 0.3 is 0 Å². The summed E-state index contributed by atoms with van der Waals surface area (Å²) in [7, 11) is 0. The molecule has 2 N–H and O–H groups in total. The number of nitrogens with two attached hydrogens (primary N) is 1. The Balaban J connectivity index is 1.85. The van der Waals surface area contributed by atoms with Crippen LogP contribution in [0.4, 0.5) is 5.69 Å². The first-order valence-electron chi connectivity index (χ1n) is 7.11. The van der Waals surface area contributed by atoms with Crippen LogP contribution in [0.2, 0.25) is 0 Å². The molecule has 3 aromatic rings. The number of hydrogen-bond acceptors (Lipinski definition) is 2. The fraction of sp³-hybridized carbons (Fsp3) is 0.235. The summed E-state index contributed by atoms with van der Waals surface area (Å²) in [5, 5.41) is 0. The van der Waals surface area contributed by atoms with Crippen molar-refractivity contribution in [3.63, 3.8) is 0 Å². The first-order valence-corrected chi connectivity index (χ1v) is 7.11. The van der Waals surface area contributed by atoms with Crippen LogP contribution in [0.1, 0.15) is 30.1 Å². The molecular weight excluding hydrogens is 246 g/mol. The molecule has 3 nitrogen and oxygen atoms in total. The van der Waals surface area contributed by atoms with Crippen LogP contribution in [0.25, 0.3) is 11.0 Å². The summed E-state index contributed by atoms with van der Waals surface area (Å²) in [5.41, 5.74) is 10.2. The largest absolute Gasteiger partial charge is 0.399 e. The molecule has 0 unspecified atom stereocenters. The topological polar surface area (TPSA) is 43.8 Å². The molecule has 0 spiro atoms. The highest BCUT2D eigenvalue weighted by atomic mass is 15.1. The lowest BCUT2D eigenvalue weighted by molar-refractivity contribution is 0.747. The molecule has 0 amide bonds. The lowest BCUT2D eigenvalue weighted by atomic mass is 10.2. The molecule has 100 valence electrons. The van der Waals surface area contributed by atoms with E-state index in [0.29, 0.717) is 5.92 Å². The number of anilines is 1. The molecule has 0 saturated heterocycles. The van der Waals surface area contributed by atoms with Crippen LogP contribution in [-0.4, -0.2) is 9.55 Å². The van der Waals surface area contributed by atoms with Gasteiger partial charge in [-0.1, -0.05) is 30.3 Å². The second kappa shape index (κ2) is 4.37. The second-order valence-corrected chi connectivity index (χ2v) is 5.56. The second-order valence-electron chi connectivity index (χ2n) is 5.56. The van der Waals surface area contributed by atoms with Crippen molar-refractivity contribution in [3.05, 3.63) is 59.9 Å². The highest BCUT2D eigenvalue weighted by Gasteiger charge is 2.29. The quantitative estimate of drug-likeness (QED) is 0.734. The number of rotatable bonds is 3. The maximum Gasteiger partial charge on any atom is 0.113 e. The Hall–Kier alpha value is -2.29. The summed E-state index contributed by atoms with van der Waals surface area (Å²) in [6.07, 6.45) is 2.52. The molecule has 1 aromatic heterocycles. The zero-order valence-corrected chi connectivity index (χ0v) is 11.3. The van der Waals surface area contributed by atoms with Crippen molar-refractivity contribution in [2.45, 2.75) is 25.3 Å². The number of aromatic nitrogens is 2. The van der Waals surface area contributed by atoms with Crippen LogP contribution >= 0.6 is 0 Å². The van der Waals surface area contributed by atoms with Crippen LogP contribution in [0.15, 0.2) is 48.5 Å². The molecule has 1 aliphatic rings. The van der Waals surface area contributed by atoms with Gasteiger partial charge in [0.25, 0.3) is 0 Å². The van der Waals surface area contributed by atoms with Crippen molar-refractivity contribution >= 4 is 16.7 Å². The Morgan fingerprint density at radius 3 is 2.65 bits per heavy atom. The lowest BCUT2D eigenvalue weighted by Crippen LogP contribution is -2.04. The smallest absolute Gasteiger partial charge is 0.113 e. The fourth-order valence-corrected chi connectivity index (χ4v) is 2.75. The summed E-state index contributed by atoms with van der Waals surface area (Å²) >= 11 is 0. The molecule has 0 bridgehead atoms. The average molecular weight is 263 g/mol. The molecule has 1 aliphatic carbocycles. The van der Waals surface area contributed by atoms with Gasteiger partial charge in [0.15, 0.2) is 0 Å². The standard InChI is InChI=1S/C17H17N3/c18-14-8-9-16-15(10-14)19-17(13-6-7-13)20(16)11-12-4-2-1-3-5-12/h1-5,8-10,13H,6-7,11,18H2. The van der Waals surface area contributed by atoms with E-state index in [1.54, 1.807) is 0 Å². The number of nitrogens with zero attached hydrogens (tertiary/aromatic N) is 2. The highest BCUT2D eigenvalue weighted by Crippen LogP contribution is 2.41. The third-order valence-corrected chi connectivity index (χ3v) is 3.93. The summed E-state index contributed by atoms with van der Waals surface area (Å²) in [6, 6.07) is 16.6. The first-order chi connectivity index (χ1) is 9.81. The van der Waals surface area contributed by atoms with Crippen LogP contribution in [0, 0.1) is 0 Å². The van der Waals surface area contributed by atoms with E-state index in [0.717, 1.165) is 17.7 Å². The normalized spacial score (nSPS) is 14.8. The Bertz CT molecular complexity index is 755. The van der Waals surface area contributed by atoms with Crippen molar-refractivity contribution in [2.24, 2.45) is 0 Å². The van der Waals surface area contributed by atoms with Crippen molar-refractivity contribution in [1.82, 2.24) is 9.55 Å². The van der Waals surface area contributed by atoms with Gasteiger partial charge in [0.2, 0.25) is 0 Å². The molecule has 0 atom stereocenters. The summed E-state index contributed by atoms with van der Waals surface area (Å²) in [6.45, 7) is 0.882. The summed E-state index contributed by atoms with van der Waals surface area (Å²) in [4.78, 5) is 4.81. The molecule has 2 aromatic carbocycles. The van der Waals surface area contributed by atoms with E-state index in [1.165, 1.54) is 29.7 Å². The van der Waals surface area contributed by atoms with E-state index in [-0.39, 0.29) is 0 Å². The van der Waals surface area contributed by atoms with Crippen LogP contribution in [0.3, 0.4) is 0 Å². The average Bonchev–Trinajstić information content (AvgIpc) is 3.24. The molecule has 20 heavy (non-hydrogen) atoms. The molecule has 1 fully saturated rings. The minimum Gasteiger partial charge on any atom is -0.399 e. The fourth-order valence-electron chi connectivity index (χ4n) is 2.75. The van der Waals surface area contributed by atoms with E-state index >= 15 is 0 Å². The minimum absolute atomic E-state index is 0.632. The number of imidazole rings is 1. The van der Waals surface area contributed by atoms with E-state index in [9.17, 15) is 0 Å². The number of nitrogen functional groups attached to an aromatic ring is 1. The Kier molecular flexibility index (Phi) is 2.52. The maximum atomic E-state index is 5.88. The number of hydrogen-bond donors (Lipinski definition) is 1. The number of benzene rings is 2. The predicted molar refractivity (Wildman–Crippen MR) is 81.7 cm³/mol. The molecule has 1 heterocycles. The van der Waals surface area contributed by atoms with Crippen molar-refractivity contribution in [1.29, 1.82) is 0 Å². The van der Waals surface area contributed by atoms with Gasteiger partial charge in [0.05, 0.1) is 11.0 Å². The maximum absolute atomic E-state index is 5.88. The number of fused-ring (bicyclic) bond motifs is 1. The van der Waals surface area contributed by atoms with Gasteiger partial charge in [-0.3, -0.25) is 0 Å².